The van der Waals surface area contributed by atoms with E-state index >= 15 is 0 Å². The molecule has 1 N–H and O–H groups in total. The molecule has 0 aromatic heterocycles. The van der Waals surface area contributed by atoms with Crippen LogP contribution in [0.3, 0.4) is 0 Å². The first-order chi connectivity index (χ1) is 13.9. The Bertz CT molecular complexity index is 911. The van der Waals surface area contributed by atoms with Crippen LogP contribution in [0.15, 0.2) is 64.0 Å². The molecule has 1 atom stereocenters. The predicted molar refractivity (Wildman–Crippen MR) is 118 cm³/mol. The van der Waals surface area contributed by atoms with Crippen LogP contribution in [0.5, 0.6) is 0 Å². The van der Waals surface area contributed by atoms with Gasteiger partial charge in [-0.1, -0.05) is 65.5 Å². The number of hydrogen-bond acceptors (Lipinski definition) is 3. The normalized spacial score (nSPS) is 16.5. The summed E-state index contributed by atoms with van der Waals surface area (Å²) in [6.07, 6.45) is 4.68. The average Bonchev–Trinajstić information content (AvgIpc) is 2.73. The second-order valence-electron chi connectivity index (χ2n) is 7.50. The van der Waals surface area contributed by atoms with E-state index in [1.165, 1.54) is 4.31 Å². The molecule has 0 bridgehead atoms. The molecule has 0 radical (unpaired) electrons. The molecule has 3 rings (SSSR count). The topological polar surface area (TPSA) is 66.5 Å². The van der Waals surface area contributed by atoms with E-state index in [1.807, 2.05) is 31.2 Å². The smallest absolute Gasteiger partial charge is 0.243 e. The van der Waals surface area contributed by atoms with Crippen molar-refractivity contribution >= 4 is 31.9 Å². The van der Waals surface area contributed by atoms with Gasteiger partial charge in [-0.05, 0) is 49.6 Å². The number of nitrogens with zero attached hydrogens (tertiary/aromatic N) is 1. The molecule has 1 saturated carbocycles. The maximum absolute atomic E-state index is 13.3. The number of nitrogens with one attached hydrogen (secondary N) is 1. The number of carbonyl (C=O) groups excluding carboxylic acids is 1. The Morgan fingerprint density at radius 3 is 2.31 bits per heavy atom. The van der Waals surface area contributed by atoms with Crippen LogP contribution in [0, 0.1) is 0 Å². The summed E-state index contributed by atoms with van der Waals surface area (Å²) in [6.45, 7) is 1.74. The van der Waals surface area contributed by atoms with Gasteiger partial charge in [0.1, 0.15) is 0 Å². The van der Waals surface area contributed by atoms with E-state index in [0.29, 0.717) is 0 Å². The number of sulfonamides is 1. The molecule has 1 fully saturated rings. The van der Waals surface area contributed by atoms with Gasteiger partial charge in [-0.25, -0.2) is 8.42 Å². The zero-order valence-corrected chi connectivity index (χ0v) is 19.0. The minimum Gasteiger partial charge on any atom is -0.348 e. The van der Waals surface area contributed by atoms with Crippen LogP contribution in [-0.4, -0.2) is 31.2 Å². The van der Waals surface area contributed by atoms with Crippen LogP contribution in [0.2, 0.25) is 0 Å². The minimum atomic E-state index is -3.74. The molecule has 5 nitrogen and oxygen atoms in total. The van der Waals surface area contributed by atoms with Crippen LogP contribution in [0.25, 0.3) is 0 Å². The zero-order chi connectivity index (χ0) is 20.9. The largest absolute Gasteiger partial charge is 0.348 e. The summed E-state index contributed by atoms with van der Waals surface area (Å²) in [5, 5.41) is 2.95. The van der Waals surface area contributed by atoms with E-state index in [2.05, 4.69) is 21.2 Å². The molecule has 29 heavy (non-hydrogen) atoms. The highest BCUT2D eigenvalue weighted by Crippen LogP contribution is 2.28. The van der Waals surface area contributed by atoms with Crippen LogP contribution < -0.4 is 5.32 Å². The summed E-state index contributed by atoms with van der Waals surface area (Å²) >= 11 is 3.41. The van der Waals surface area contributed by atoms with Crippen molar-refractivity contribution in [2.24, 2.45) is 0 Å². The molecule has 1 aliphatic carbocycles. The molecule has 2 aromatic rings. The predicted octanol–water partition coefficient (Wildman–Crippen LogP) is 4.65. The maximum atomic E-state index is 13.3. The molecule has 1 amide bonds. The Balaban J connectivity index is 1.77. The van der Waals surface area contributed by atoms with Gasteiger partial charge in [0.15, 0.2) is 0 Å². The highest BCUT2D eigenvalue weighted by Gasteiger charge is 2.34. The number of benzene rings is 2. The first-order valence-corrected chi connectivity index (χ1v) is 12.2. The van der Waals surface area contributed by atoms with Crippen molar-refractivity contribution in [3.8, 4) is 0 Å². The van der Waals surface area contributed by atoms with Crippen molar-refractivity contribution in [1.29, 1.82) is 0 Å². The number of amides is 1. The van der Waals surface area contributed by atoms with E-state index in [-0.39, 0.29) is 29.4 Å². The van der Waals surface area contributed by atoms with Gasteiger partial charge >= 0.3 is 0 Å². The molecule has 0 heterocycles. The second kappa shape index (κ2) is 9.87. The lowest BCUT2D eigenvalue weighted by molar-refractivity contribution is -0.122. The third-order valence-corrected chi connectivity index (χ3v) is 7.82. The molecule has 1 unspecified atom stereocenters. The van der Waals surface area contributed by atoms with Gasteiger partial charge in [0.2, 0.25) is 15.9 Å². The third-order valence-electron chi connectivity index (χ3n) is 5.38. The van der Waals surface area contributed by atoms with Crippen LogP contribution in [-0.2, 0) is 14.8 Å². The number of carbonyl (C=O) groups is 1. The lowest BCUT2D eigenvalue weighted by atomic mass is 9.95. The zero-order valence-electron chi connectivity index (χ0n) is 16.6. The Labute approximate surface area is 181 Å². The Morgan fingerprint density at radius 1 is 1.07 bits per heavy atom. The number of halogens is 1. The van der Waals surface area contributed by atoms with Crippen LogP contribution in [0.4, 0.5) is 0 Å². The Hall–Kier alpha value is -1.70. The fraction of sp³-hybridized carbons (Fsp3) is 0.409. The van der Waals surface area contributed by atoms with Gasteiger partial charge in [-0.2, -0.15) is 4.31 Å². The van der Waals surface area contributed by atoms with Gasteiger partial charge in [-0.3, -0.25) is 4.79 Å². The fourth-order valence-electron chi connectivity index (χ4n) is 3.77. The van der Waals surface area contributed by atoms with Gasteiger partial charge in [0.05, 0.1) is 17.5 Å². The molecule has 7 heteroatoms. The van der Waals surface area contributed by atoms with Crippen molar-refractivity contribution in [2.75, 3.05) is 6.54 Å². The van der Waals surface area contributed by atoms with Crippen molar-refractivity contribution in [2.45, 2.75) is 56.0 Å². The molecule has 0 saturated heterocycles. The third kappa shape index (κ3) is 5.68. The van der Waals surface area contributed by atoms with Gasteiger partial charge in [0.25, 0.3) is 0 Å². The summed E-state index contributed by atoms with van der Waals surface area (Å²) < 4.78 is 29.0. The highest BCUT2D eigenvalue weighted by molar-refractivity contribution is 9.10. The molecule has 2 aromatic carbocycles. The van der Waals surface area contributed by atoms with Crippen LogP contribution >= 0.6 is 15.9 Å². The minimum absolute atomic E-state index is 0.136. The molecule has 156 valence electrons. The fourth-order valence-corrected chi connectivity index (χ4v) is 5.70. The average molecular weight is 479 g/mol. The molecule has 0 aliphatic heterocycles. The first-order valence-electron chi connectivity index (χ1n) is 9.99. The molecular weight excluding hydrogens is 452 g/mol. The van der Waals surface area contributed by atoms with Crippen molar-refractivity contribution in [3.63, 3.8) is 0 Å². The van der Waals surface area contributed by atoms with Crippen molar-refractivity contribution in [3.05, 3.63) is 64.6 Å². The van der Waals surface area contributed by atoms with E-state index < -0.39 is 10.0 Å². The molecule has 0 spiro atoms. The van der Waals surface area contributed by atoms with E-state index in [9.17, 15) is 13.2 Å². The maximum Gasteiger partial charge on any atom is 0.243 e. The van der Waals surface area contributed by atoms with E-state index in [4.69, 9.17) is 0 Å². The Kier molecular flexibility index (Phi) is 7.49. The number of hydrogen-bond donors (Lipinski definition) is 1. The van der Waals surface area contributed by atoms with E-state index in [0.717, 1.165) is 42.1 Å². The van der Waals surface area contributed by atoms with Gasteiger partial charge in [0, 0.05) is 10.5 Å². The lowest BCUT2D eigenvalue weighted by Crippen LogP contribution is -2.47. The van der Waals surface area contributed by atoms with Gasteiger partial charge < -0.3 is 5.32 Å². The van der Waals surface area contributed by atoms with Crippen molar-refractivity contribution < 1.29 is 13.2 Å². The van der Waals surface area contributed by atoms with Gasteiger partial charge in [-0.15, -0.1) is 0 Å². The van der Waals surface area contributed by atoms with Crippen LogP contribution in [0.1, 0.15) is 50.6 Å². The standard InChI is InChI=1S/C22H27BrN2O3S/c1-17(18-12-14-19(23)15-13-18)24-22(26)16-25(20-8-4-2-5-9-20)29(27,28)21-10-6-3-7-11-21/h3,6-7,10-15,17,20H,2,4-5,8-9,16H2,1H3,(H,24,26). The Morgan fingerprint density at radius 2 is 1.69 bits per heavy atom. The SMILES string of the molecule is CC(NC(=O)CN(C1CCCCC1)S(=O)(=O)c1ccccc1)c1ccc(Br)cc1. The summed E-state index contributed by atoms with van der Waals surface area (Å²) in [5.41, 5.74) is 0.969. The summed E-state index contributed by atoms with van der Waals surface area (Å²) in [6, 6.07) is 15.8. The quantitative estimate of drug-likeness (QED) is 0.629. The molecule has 1 aliphatic rings. The first kappa shape index (κ1) is 22.0. The lowest BCUT2D eigenvalue weighted by Gasteiger charge is -2.33. The summed E-state index contributed by atoms with van der Waals surface area (Å²) in [4.78, 5) is 13.0. The number of rotatable bonds is 7. The molecular formula is C22H27BrN2O3S. The van der Waals surface area contributed by atoms with Crippen molar-refractivity contribution in [1.82, 2.24) is 9.62 Å². The summed E-state index contributed by atoms with van der Waals surface area (Å²) in [7, 11) is -3.74. The van der Waals surface area contributed by atoms with E-state index in [1.54, 1.807) is 30.3 Å². The second-order valence-corrected chi connectivity index (χ2v) is 10.3. The monoisotopic (exact) mass is 478 g/mol. The summed E-state index contributed by atoms with van der Waals surface area (Å²) in [5.74, 6) is -0.287. The highest BCUT2D eigenvalue weighted by atomic mass is 79.9.